The molecule has 0 aliphatic rings. The molecule has 0 spiro atoms. The molecule has 0 bridgehead atoms. The van der Waals surface area contributed by atoms with Crippen LogP contribution < -0.4 is 0 Å². The minimum absolute atomic E-state index is 0.137. The first-order chi connectivity index (χ1) is 10.6. The minimum Gasteiger partial charge on any atom is -0.258 e. The summed E-state index contributed by atoms with van der Waals surface area (Å²) in [6.45, 7) is 5.96. The lowest BCUT2D eigenvalue weighted by Crippen LogP contribution is -1.86. The molecule has 2 aromatic rings. The predicted molar refractivity (Wildman–Crippen MR) is 95.9 cm³/mol. The van der Waals surface area contributed by atoms with Gasteiger partial charge in [-0.25, -0.2) is 0 Å². The lowest BCUT2D eigenvalue weighted by Gasteiger charge is -2.04. The van der Waals surface area contributed by atoms with E-state index in [2.05, 4.69) is 47.6 Å². The summed E-state index contributed by atoms with van der Waals surface area (Å²) in [5.41, 5.74) is 2.71. The van der Waals surface area contributed by atoms with E-state index in [1.165, 1.54) is 40.6 Å². The van der Waals surface area contributed by atoms with Crippen LogP contribution in [-0.2, 0) is 6.42 Å². The standard InChI is InChI=1S/C12H15Br.C6H5NO2/c1-3-5-6-11-8-7-10(4-2)9-12(11)13;8-7(9)6-4-2-1-3-5-6/h4,7-9H,2-3,5-6H2,1H3;1-5H. The van der Waals surface area contributed by atoms with Gasteiger partial charge in [-0.3, -0.25) is 10.1 Å². The number of para-hydroxylation sites is 1. The van der Waals surface area contributed by atoms with Crippen molar-refractivity contribution in [2.24, 2.45) is 0 Å². The van der Waals surface area contributed by atoms with Crippen LogP contribution in [0.15, 0.2) is 59.6 Å². The molecule has 0 atom stereocenters. The molecule has 0 heterocycles. The fraction of sp³-hybridized carbons (Fsp3) is 0.222. The fourth-order valence-electron chi connectivity index (χ4n) is 1.81. The van der Waals surface area contributed by atoms with Crippen LogP contribution >= 0.6 is 15.9 Å². The van der Waals surface area contributed by atoms with Gasteiger partial charge in [0, 0.05) is 16.6 Å². The lowest BCUT2D eigenvalue weighted by atomic mass is 10.1. The van der Waals surface area contributed by atoms with Gasteiger partial charge >= 0.3 is 0 Å². The average molecular weight is 362 g/mol. The number of benzene rings is 2. The molecule has 0 aliphatic heterocycles. The van der Waals surface area contributed by atoms with E-state index in [0.29, 0.717) is 0 Å². The highest BCUT2D eigenvalue weighted by Crippen LogP contribution is 2.20. The van der Waals surface area contributed by atoms with Gasteiger partial charge in [-0.2, -0.15) is 0 Å². The van der Waals surface area contributed by atoms with Crippen LogP contribution in [0.25, 0.3) is 6.08 Å². The maximum Gasteiger partial charge on any atom is 0.269 e. The Morgan fingerprint density at radius 2 is 1.91 bits per heavy atom. The van der Waals surface area contributed by atoms with Crippen molar-refractivity contribution in [2.75, 3.05) is 0 Å². The molecule has 2 rings (SSSR count). The molecule has 2 aromatic carbocycles. The van der Waals surface area contributed by atoms with Crippen molar-refractivity contribution in [3.05, 3.63) is 80.8 Å². The maximum atomic E-state index is 10.0. The zero-order chi connectivity index (χ0) is 16.4. The Bertz CT molecular complexity index is 612. The van der Waals surface area contributed by atoms with Gasteiger partial charge in [-0.15, -0.1) is 0 Å². The van der Waals surface area contributed by atoms with E-state index in [9.17, 15) is 10.1 Å². The number of hydrogen-bond donors (Lipinski definition) is 0. The number of halogens is 1. The summed E-state index contributed by atoms with van der Waals surface area (Å²) in [7, 11) is 0. The van der Waals surface area contributed by atoms with Gasteiger partial charge in [-0.05, 0) is 30.0 Å². The molecular formula is C18H20BrNO2. The van der Waals surface area contributed by atoms with E-state index in [1.54, 1.807) is 18.2 Å². The zero-order valence-corrected chi connectivity index (χ0v) is 14.3. The van der Waals surface area contributed by atoms with Gasteiger partial charge in [0.15, 0.2) is 0 Å². The van der Waals surface area contributed by atoms with Gasteiger partial charge in [0.1, 0.15) is 0 Å². The second-order valence-electron chi connectivity index (χ2n) is 4.75. The van der Waals surface area contributed by atoms with E-state index in [1.807, 2.05) is 6.08 Å². The highest BCUT2D eigenvalue weighted by molar-refractivity contribution is 9.10. The van der Waals surface area contributed by atoms with Crippen molar-refractivity contribution in [3.8, 4) is 0 Å². The van der Waals surface area contributed by atoms with Crippen LogP contribution in [0.1, 0.15) is 30.9 Å². The number of nitro benzene ring substituents is 1. The van der Waals surface area contributed by atoms with Crippen LogP contribution in [-0.4, -0.2) is 4.92 Å². The van der Waals surface area contributed by atoms with Crippen molar-refractivity contribution >= 4 is 27.7 Å². The molecule has 22 heavy (non-hydrogen) atoms. The minimum atomic E-state index is -0.417. The smallest absolute Gasteiger partial charge is 0.258 e. The van der Waals surface area contributed by atoms with Gasteiger partial charge < -0.3 is 0 Å². The quantitative estimate of drug-likeness (QED) is 0.481. The number of unbranched alkanes of at least 4 members (excludes halogenated alkanes) is 1. The normalized spacial score (nSPS) is 9.55. The summed E-state index contributed by atoms with van der Waals surface area (Å²) in [5.74, 6) is 0. The van der Waals surface area contributed by atoms with E-state index in [-0.39, 0.29) is 5.69 Å². The number of nitro groups is 1. The number of rotatable bonds is 5. The molecule has 4 heteroatoms. The van der Waals surface area contributed by atoms with E-state index in [0.717, 1.165) is 6.42 Å². The number of nitrogens with zero attached hydrogens (tertiary/aromatic N) is 1. The molecule has 0 saturated heterocycles. The van der Waals surface area contributed by atoms with Crippen LogP contribution in [0.2, 0.25) is 0 Å². The summed E-state index contributed by atoms with van der Waals surface area (Å²) in [6, 6.07) is 14.3. The third kappa shape index (κ3) is 6.22. The third-order valence-corrected chi connectivity index (χ3v) is 3.82. The molecule has 0 N–H and O–H groups in total. The molecule has 0 radical (unpaired) electrons. The van der Waals surface area contributed by atoms with Gasteiger partial charge in [0.25, 0.3) is 5.69 Å². The molecule has 0 aliphatic carbocycles. The van der Waals surface area contributed by atoms with E-state index < -0.39 is 4.92 Å². The second kappa shape index (κ2) is 9.90. The van der Waals surface area contributed by atoms with Crippen molar-refractivity contribution in [1.29, 1.82) is 0 Å². The summed E-state index contributed by atoms with van der Waals surface area (Å²) >= 11 is 3.57. The molecule has 3 nitrogen and oxygen atoms in total. The van der Waals surface area contributed by atoms with Gasteiger partial charge in [-0.1, -0.05) is 72.3 Å². The topological polar surface area (TPSA) is 43.1 Å². The highest BCUT2D eigenvalue weighted by Gasteiger charge is 1.99. The molecule has 116 valence electrons. The molecule has 0 aromatic heterocycles. The van der Waals surface area contributed by atoms with E-state index in [4.69, 9.17) is 0 Å². The number of hydrogen-bond acceptors (Lipinski definition) is 2. The SMILES string of the molecule is C=Cc1ccc(CCCC)c(Br)c1.O=[N+]([O-])c1ccccc1. The first kappa shape index (κ1) is 18.1. The Morgan fingerprint density at radius 3 is 2.36 bits per heavy atom. The Kier molecular flexibility index (Phi) is 8.15. The van der Waals surface area contributed by atoms with Crippen LogP contribution in [0.3, 0.4) is 0 Å². The molecule has 0 unspecified atom stereocenters. The van der Waals surface area contributed by atoms with Gasteiger partial charge in [0.2, 0.25) is 0 Å². The number of non-ortho nitro benzene ring substituents is 1. The summed E-state index contributed by atoms with van der Waals surface area (Å²) in [4.78, 5) is 9.59. The fourth-order valence-corrected chi connectivity index (χ4v) is 2.40. The summed E-state index contributed by atoms with van der Waals surface area (Å²) in [5, 5.41) is 10.0. The van der Waals surface area contributed by atoms with Crippen LogP contribution in [0, 0.1) is 10.1 Å². The van der Waals surface area contributed by atoms with Gasteiger partial charge in [0.05, 0.1) is 4.92 Å². The average Bonchev–Trinajstić information content (AvgIpc) is 2.55. The summed E-state index contributed by atoms with van der Waals surface area (Å²) < 4.78 is 1.21. The van der Waals surface area contributed by atoms with Crippen molar-refractivity contribution in [3.63, 3.8) is 0 Å². The van der Waals surface area contributed by atoms with Crippen molar-refractivity contribution in [1.82, 2.24) is 0 Å². The Hall–Kier alpha value is -1.94. The lowest BCUT2D eigenvalue weighted by molar-refractivity contribution is -0.384. The molecule has 0 saturated carbocycles. The monoisotopic (exact) mass is 361 g/mol. The number of aryl methyl sites for hydroxylation is 1. The van der Waals surface area contributed by atoms with Crippen molar-refractivity contribution < 1.29 is 4.92 Å². The molecule has 0 amide bonds. The van der Waals surface area contributed by atoms with E-state index >= 15 is 0 Å². The Morgan fingerprint density at radius 1 is 1.23 bits per heavy atom. The summed E-state index contributed by atoms with van der Waals surface area (Å²) in [6.07, 6.45) is 5.53. The molecule has 0 fully saturated rings. The second-order valence-corrected chi connectivity index (χ2v) is 5.61. The zero-order valence-electron chi connectivity index (χ0n) is 12.7. The molecular weight excluding hydrogens is 342 g/mol. The third-order valence-electron chi connectivity index (χ3n) is 3.08. The highest BCUT2D eigenvalue weighted by atomic mass is 79.9. The van der Waals surface area contributed by atoms with Crippen LogP contribution in [0.4, 0.5) is 5.69 Å². The first-order valence-electron chi connectivity index (χ1n) is 7.18. The first-order valence-corrected chi connectivity index (χ1v) is 7.98. The predicted octanol–water partition coefficient (Wildman–Crippen LogP) is 6.03. The Balaban J connectivity index is 0.000000235. The van der Waals surface area contributed by atoms with Crippen LogP contribution in [0.5, 0.6) is 0 Å². The largest absolute Gasteiger partial charge is 0.269 e. The maximum absolute atomic E-state index is 10.0. The Labute approximate surface area is 140 Å². The van der Waals surface area contributed by atoms with Crippen molar-refractivity contribution in [2.45, 2.75) is 26.2 Å².